The summed E-state index contributed by atoms with van der Waals surface area (Å²) in [5, 5.41) is 1.86. The molecule has 0 unspecified atom stereocenters. The van der Waals surface area contributed by atoms with Gasteiger partial charge in [0.2, 0.25) is 5.91 Å². The molecule has 0 aliphatic carbocycles. The predicted molar refractivity (Wildman–Crippen MR) is 69.7 cm³/mol. The first-order valence-electron chi connectivity index (χ1n) is 5.26. The molecule has 2 heterocycles. The van der Waals surface area contributed by atoms with Crippen LogP contribution in [0.2, 0.25) is 0 Å². The Balaban J connectivity index is 2.52. The fourth-order valence-corrected chi connectivity index (χ4v) is 2.48. The maximum atomic E-state index is 11.7. The monoisotopic (exact) mass is 245 g/mol. The van der Waals surface area contributed by atoms with E-state index in [1.165, 1.54) is 11.8 Å². The molecular weight excluding hydrogens is 234 g/mol. The van der Waals surface area contributed by atoms with Gasteiger partial charge in [-0.05, 0) is 12.3 Å². The molecule has 0 aliphatic heterocycles. The van der Waals surface area contributed by atoms with Crippen LogP contribution in [0.4, 0.5) is 0 Å². The van der Waals surface area contributed by atoms with Gasteiger partial charge < -0.3 is 4.98 Å². The van der Waals surface area contributed by atoms with Crippen molar-refractivity contribution in [3.8, 4) is 0 Å². The summed E-state index contributed by atoms with van der Waals surface area (Å²) in [4.78, 5) is 19.4. The van der Waals surface area contributed by atoms with Crippen LogP contribution in [0, 0.1) is 0 Å². The summed E-state index contributed by atoms with van der Waals surface area (Å²) < 4.78 is 1.65. The predicted octanol–water partition coefficient (Wildman–Crippen LogP) is 2.90. The summed E-state index contributed by atoms with van der Waals surface area (Å²) in [5.41, 5.74) is 2.55. The summed E-state index contributed by atoms with van der Waals surface area (Å²) in [6.07, 6.45) is 1.96. The molecule has 86 valence electrons. The van der Waals surface area contributed by atoms with Gasteiger partial charge in [-0.2, -0.15) is 0 Å². The molecule has 3 aromatic rings. The zero-order chi connectivity index (χ0) is 12.0. The third kappa shape index (κ3) is 1.39. The number of carbonyl (C=O) groups is 1. The molecule has 0 aliphatic rings. The van der Waals surface area contributed by atoms with Crippen LogP contribution in [-0.2, 0) is 0 Å². The molecule has 17 heavy (non-hydrogen) atoms. The number of para-hydroxylation sites is 1. The van der Waals surface area contributed by atoms with Gasteiger partial charge in [-0.15, -0.1) is 0 Å². The summed E-state index contributed by atoms with van der Waals surface area (Å²) in [6.45, 7) is 1.55. The standard InChI is InChI=1S/C12H11N3OS/c1-7(16)15-9-6-4-3-5-8(9)10-11(15)14-12(13-10)17-2/h3-6H,1-2H3,(H,13,14). The lowest BCUT2D eigenvalue weighted by molar-refractivity contribution is 0.0946. The van der Waals surface area contributed by atoms with E-state index in [-0.39, 0.29) is 5.91 Å². The van der Waals surface area contributed by atoms with E-state index in [4.69, 9.17) is 0 Å². The third-order valence-corrected chi connectivity index (χ3v) is 3.38. The van der Waals surface area contributed by atoms with Crippen molar-refractivity contribution in [2.45, 2.75) is 12.1 Å². The van der Waals surface area contributed by atoms with Crippen molar-refractivity contribution in [2.75, 3.05) is 6.26 Å². The number of hydrogen-bond donors (Lipinski definition) is 1. The van der Waals surface area contributed by atoms with Crippen molar-refractivity contribution >= 4 is 39.7 Å². The second-order valence-corrected chi connectivity index (χ2v) is 4.61. The van der Waals surface area contributed by atoms with E-state index in [0.717, 1.165) is 21.6 Å². The van der Waals surface area contributed by atoms with E-state index in [2.05, 4.69) is 9.97 Å². The van der Waals surface area contributed by atoms with Gasteiger partial charge in [0.05, 0.1) is 11.0 Å². The molecule has 0 fully saturated rings. The van der Waals surface area contributed by atoms with Gasteiger partial charge in [-0.1, -0.05) is 30.0 Å². The maximum Gasteiger partial charge on any atom is 0.229 e. The number of imidazole rings is 1. The summed E-state index contributed by atoms with van der Waals surface area (Å²) in [6, 6.07) is 7.83. The average Bonchev–Trinajstić information content (AvgIpc) is 2.84. The second-order valence-electron chi connectivity index (χ2n) is 3.82. The second kappa shape index (κ2) is 3.63. The van der Waals surface area contributed by atoms with Crippen LogP contribution in [0.1, 0.15) is 11.7 Å². The van der Waals surface area contributed by atoms with Crippen molar-refractivity contribution < 1.29 is 4.79 Å². The number of fused-ring (bicyclic) bond motifs is 3. The number of nitrogens with zero attached hydrogens (tertiary/aromatic N) is 2. The third-order valence-electron chi connectivity index (χ3n) is 2.80. The van der Waals surface area contributed by atoms with Crippen LogP contribution in [0.5, 0.6) is 0 Å². The molecular formula is C12H11N3OS. The Morgan fingerprint density at radius 3 is 2.88 bits per heavy atom. The van der Waals surface area contributed by atoms with Crippen LogP contribution >= 0.6 is 11.8 Å². The molecule has 0 saturated heterocycles. The number of benzene rings is 1. The van der Waals surface area contributed by atoms with Gasteiger partial charge in [-0.25, -0.2) is 4.98 Å². The average molecular weight is 245 g/mol. The van der Waals surface area contributed by atoms with Gasteiger partial charge in [0.1, 0.15) is 0 Å². The Morgan fingerprint density at radius 2 is 2.18 bits per heavy atom. The number of hydrogen-bond acceptors (Lipinski definition) is 3. The zero-order valence-electron chi connectivity index (χ0n) is 9.52. The highest BCUT2D eigenvalue weighted by Crippen LogP contribution is 2.28. The lowest BCUT2D eigenvalue weighted by Crippen LogP contribution is -2.04. The maximum absolute atomic E-state index is 11.7. The lowest BCUT2D eigenvalue weighted by atomic mass is 10.2. The van der Waals surface area contributed by atoms with Crippen LogP contribution in [0.3, 0.4) is 0 Å². The number of carbonyl (C=O) groups excluding carboxylic acids is 1. The Morgan fingerprint density at radius 1 is 1.41 bits per heavy atom. The van der Waals surface area contributed by atoms with E-state index < -0.39 is 0 Å². The molecule has 0 atom stereocenters. The van der Waals surface area contributed by atoms with Gasteiger partial charge in [0.25, 0.3) is 0 Å². The smallest absolute Gasteiger partial charge is 0.229 e. The number of thioether (sulfide) groups is 1. The number of aromatic amines is 1. The summed E-state index contributed by atoms with van der Waals surface area (Å²) in [5.74, 6) is -0.0182. The fourth-order valence-electron chi connectivity index (χ4n) is 2.10. The first kappa shape index (κ1) is 10.4. The molecule has 1 aromatic carbocycles. The van der Waals surface area contributed by atoms with Gasteiger partial charge in [0, 0.05) is 12.3 Å². The van der Waals surface area contributed by atoms with Crippen molar-refractivity contribution in [2.24, 2.45) is 0 Å². The summed E-state index contributed by atoms with van der Waals surface area (Å²) in [7, 11) is 0. The first-order chi connectivity index (χ1) is 8.22. The molecule has 0 bridgehead atoms. The Bertz CT molecular complexity index is 726. The highest BCUT2D eigenvalue weighted by atomic mass is 32.2. The lowest BCUT2D eigenvalue weighted by Gasteiger charge is -1.98. The minimum absolute atomic E-state index is 0.0182. The topological polar surface area (TPSA) is 50.7 Å². The Kier molecular flexibility index (Phi) is 2.22. The van der Waals surface area contributed by atoms with Gasteiger partial charge in [-0.3, -0.25) is 9.36 Å². The highest BCUT2D eigenvalue weighted by Gasteiger charge is 2.16. The molecule has 0 amide bonds. The molecule has 0 saturated carbocycles. The van der Waals surface area contributed by atoms with Crippen molar-refractivity contribution in [3.05, 3.63) is 24.3 Å². The molecule has 2 aromatic heterocycles. The minimum Gasteiger partial charge on any atom is -0.331 e. The van der Waals surface area contributed by atoms with E-state index in [9.17, 15) is 4.79 Å². The number of nitrogens with one attached hydrogen (secondary N) is 1. The van der Waals surface area contributed by atoms with Crippen LogP contribution in [0.15, 0.2) is 29.4 Å². The molecule has 4 nitrogen and oxygen atoms in total. The minimum atomic E-state index is -0.0182. The van der Waals surface area contributed by atoms with Crippen molar-refractivity contribution in [3.63, 3.8) is 0 Å². The summed E-state index contributed by atoms with van der Waals surface area (Å²) >= 11 is 1.54. The molecule has 3 rings (SSSR count). The van der Waals surface area contributed by atoms with E-state index in [1.54, 1.807) is 11.5 Å². The van der Waals surface area contributed by atoms with E-state index in [1.807, 2.05) is 30.5 Å². The van der Waals surface area contributed by atoms with Gasteiger partial charge >= 0.3 is 0 Å². The molecule has 1 N–H and O–H groups in total. The highest BCUT2D eigenvalue weighted by molar-refractivity contribution is 7.98. The van der Waals surface area contributed by atoms with E-state index in [0.29, 0.717) is 5.65 Å². The Hall–Kier alpha value is -1.75. The molecule has 0 radical (unpaired) electrons. The van der Waals surface area contributed by atoms with Crippen LogP contribution < -0.4 is 0 Å². The van der Waals surface area contributed by atoms with E-state index >= 15 is 0 Å². The quantitative estimate of drug-likeness (QED) is 0.671. The molecule has 0 spiro atoms. The van der Waals surface area contributed by atoms with Crippen LogP contribution in [-0.4, -0.2) is 26.7 Å². The SMILES string of the molecule is CSc1nc2c([nH]1)c1ccccc1n2C(C)=O. The Labute approximate surface area is 102 Å². The normalized spacial score (nSPS) is 11.4. The zero-order valence-corrected chi connectivity index (χ0v) is 10.3. The number of rotatable bonds is 1. The van der Waals surface area contributed by atoms with Crippen molar-refractivity contribution in [1.82, 2.24) is 14.5 Å². The largest absolute Gasteiger partial charge is 0.331 e. The molecule has 5 heteroatoms. The van der Waals surface area contributed by atoms with Gasteiger partial charge in [0.15, 0.2) is 10.8 Å². The number of aromatic nitrogens is 3. The van der Waals surface area contributed by atoms with Crippen LogP contribution in [0.25, 0.3) is 22.1 Å². The first-order valence-corrected chi connectivity index (χ1v) is 6.49. The fraction of sp³-hybridized carbons (Fsp3) is 0.167. The number of H-pyrrole nitrogens is 1. The van der Waals surface area contributed by atoms with Crippen molar-refractivity contribution in [1.29, 1.82) is 0 Å².